The normalized spacial score (nSPS) is 13.4. The van der Waals surface area contributed by atoms with Crippen molar-refractivity contribution in [1.82, 2.24) is 10.2 Å². The van der Waals surface area contributed by atoms with Gasteiger partial charge < -0.3 is 4.90 Å². The number of carbonyl (C=O) groups excluding carboxylic acids is 1. The van der Waals surface area contributed by atoms with E-state index in [-0.39, 0.29) is 17.2 Å². The lowest BCUT2D eigenvalue weighted by Gasteiger charge is -2.17. The minimum absolute atomic E-state index is 0.183. The Morgan fingerprint density at radius 3 is 2.64 bits per heavy atom. The molecule has 1 N–H and O–H groups in total. The van der Waals surface area contributed by atoms with Crippen molar-refractivity contribution in [2.45, 2.75) is 6.42 Å². The Kier molecular flexibility index (Phi) is 2.79. The van der Waals surface area contributed by atoms with Gasteiger partial charge in [0.2, 0.25) is 0 Å². The van der Waals surface area contributed by atoms with Gasteiger partial charge in [0, 0.05) is 17.6 Å². The predicted molar refractivity (Wildman–Crippen MR) is 84.2 cm³/mol. The summed E-state index contributed by atoms with van der Waals surface area (Å²) < 4.78 is 0. The molecule has 1 aliphatic heterocycles. The maximum Gasteiger partial charge on any atom is 0.279 e. The summed E-state index contributed by atoms with van der Waals surface area (Å²) >= 11 is 0. The lowest BCUT2D eigenvalue weighted by molar-refractivity contribution is 0.0985. The number of nitrogens with zero attached hydrogens (tertiary/aromatic N) is 2. The number of rotatable bonds is 1. The maximum atomic E-state index is 12.9. The highest BCUT2D eigenvalue weighted by atomic mass is 16.2. The summed E-state index contributed by atoms with van der Waals surface area (Å²) in [5, 5.41) is 7.48. The number of fused-ring (bicyclic) bond motifs is 2. The van der Waals surface area contributed by atoms with Crippen LogP contribution in [0.3, 0.4) is 0 Å². The fourth-order valence-electron chi connectivity index (χ4n) is 2.95. The molecule has 1 aliphatic rings. The monoisotopic (exact) mass is 291 g/mol. The van der Waals surface area contributed by atoms with E-state index in [9.17, 15) is 9.59 Å². The summed E-state index contributed by atoms with van der Waals surface area (Å²) in [5.74, 6) is -0.183. The van der Waals surface area contributed by atoms with Gasteiger partial charge in [-0.25, -0.2) is 5.10 Å². The minimum Gasteiger partial charge on any atom is -0.306 e. The van der Waals surface area contributed by atoms with E-state index in [0.717, 1.165) is 17.7 Å². The number of nitrogens with one attached hydrogen (secondary N) is 1. The molecule has 4 rings (SSSR count). The van der Waals surface area contributed by atoms with Crippen molar-refractivity contribution in [2.75, 3.05) is 11.4 Å². The quantitative estimate of drug-likeness (QED) is 0.747. The topological polar surface area (TPSA) is 66.1 Å². The number of benzene rings is 2. The standard InChI is InChI=1S/C17H13N3O2/c21-16-13-7-3-2-6-12(13)15(18-19-16)17(22)20-10-9-11-5-1-4-8-14(11)20/h1-8H,9-10H2,(H,19,21). The highest BCUT2D eigenvalue weighted by Gasteiger charge is 2.27. The van der Waals surface area contributed by atoms with Crippen molar-refractivity contribution in [2.24, 2.45) is 0 Å². The van der Waals surface area contributed by atoms with Gasteiger partial charge in [0.05, 0.1) is 5.39 Å². The van der Waals surface area contributed by atoms with Gasteiger partial charge in [-0.3, -0.25) is 9.59 Å². The van der Waals surface area contributed by atoms with Crippen molar-refractivity contribution >= 4 is 22.4 Å². The number of aromatic nitrogens is 2. The van der Waals surface area contributed by atoms with E-state index in [1.807, 2.05) is 24.3 Å². The van der Waals surface area contributed by atoms with Crippen LogP contribution in [0.15, 0.2) is 53.3 Å². The first kappa shape index (κ1) is 12.8. The van der Waals surface area contributed by atoms with Gasteiger partial charge in [0.15, 0.2) is 5.69 Å². The van der Waals surface area contributed by atoms with Gasteiger partial charge in [-0.15, -0.1) is 0 Å². The highest BCUT2D eigenvalue weighted by Crippen LogP contribution is 2.29. The molecule has 0 fully saturated rings. The largest absolute Gasteiger partial charge is 0.306 e. The molecule has 1 amide bonds. The van der Waals surface area contributed by atoms with E-state index in [1.165, 1.54) is 0 Å². The number of amides is 1. The van der Waals surface area contributed by atoms with Crippen molar-refractivity contribution < 1.29 is 4.79 Å². The SMILES string of the molecule is O=C(c1n[nH]c(=O)c2ccccc12)N1CCc2ccccc21. The number of anilines is 1. The zero-order valence-electron chi connectivity index (χ0n) is 11.7. The molecule has 1 aromatic heterocycles. The zero-order valence-corrected chi connectivity index (χ0v) is 11.7. The second-order valence-corrected chi connectivity index (χ2v) is 5.28. The van der Waals surface area contributed by atoms with Crippen LogP contribution in [0, 0.1) is 0 Å². The molecule has 2 heterocycles. The van der Waals surface area contributed by atoms with Crippen molar-refractivity contribution in [3.63, 3.8) is 0 Å². The van der Waals surface area contributed by atoms with Gasteiger partial charge in [0.25, 0.3) is 11.5 Å². The second kappa shape index (κ2) is 4.80. The molecule has 3 aromatic rings. The van der Waals surface area contributed by atoms with Gasteiger partial charge in [-0.05, 0) is 24.1 Å². The minimum atomic E-state index is -0.283. The predicted octanol–water partition coefficient (Wildman–Crippen LogP) is 2.13. The number of hydrogen-bond donors (Lipinski definition) is 1. The molecule has 2 aromatic carbocycles. The van der Waals surface area contributed by atoms with Crippen LogP contribution in [0.4, 0.5) is 5.69 Å². The summed E-state index contributed by atoms with van der Waals surface area (Å²) in [5.41, 5.74) is 2.08. The molecule has 5 heteroatoms. The lowest BCUT2D eigenvalue weighted by Crippen LogP contribution is -2.31. The van der Waals surface area contributed by atoms with E-state index in [4.69, 9.17) is 0 Å². The molecule has 108 valence electrons. The first-order valence-electron chi connectivity index (χ1n) is 7.13. The number of aromatic amines is 1. The van der Waals surface area contributed by atoms with Gasteiger partial charge in [-0.2, -0.15) is 5.10 Å². The van der Waals surface area contributed by atoms with Crippen LogP contribution in [0.2, 0.25) is 0 Å². The summed E-state index contributed by atoms with van der Waals surface area (Å²) in [6.07, 6.45) is 0.837. The third-order valence-electron chi connectivity index (χ3n) is 4.03. The van der Waals surface area contributed by atoms with Crippen LogP contribution in [-0.2, 0) is 6.42 Å². The summed E-state index contributed by atoms with van der Waals surface area (Å²) in [6.45, 7) is 0.632. The summed E-state index contributed by atoms with van der Waals surface area (Å²) in [6, 6.07) is 14.9. The highest BCUT2D eigenvalue weighted by molar-refractivity contribution is 6.13. The van der Waals surface area contributed by atoms with Crippen LogP contribution >= 0.6 is 0 Å². The summed E-state index contributed by atoms with van der Waals surface area (Å²) in [7, 11) is 0. The Hall–Kier alpha value is -2.95. The van der Waals surface area contributed by atoms with Crippen molar-refractivity contribution in [1.29, 1.82) is 0 Å². The van der Waals surface area contributed by atoms with E-state index >= 15 is 0 Å². The van der Waals surface area contributed by atoms with E-state index in [0.29, 0.717) is 17.3 Å². The molecular formula is C17H13N3O2. The van der Waals surface area contributed by atoms with E-state index in [2.05, 4.69) is 10.2 Å². The Bertz CT molecular complexity index is 946. The Morgan fingerprint density at radius 1 is 1.05 bits per heavy atom. The van der Waals surface area contributed by atoms with Crippen LogP contribution in [0.25, 0.3) is 10.8 Å². The van der Waals surface area contributed by atoms with Gasteiger partial charge >= 0.3 is 0 Å². The average molecular weight is 291 g/mol. The van der Waals surface area contributed by atoms with E-state index < -0.39 is 0 Å². The molecule has 0 saturated heterocycles. The first-order valence-corrected chi connectivity index (χ1v) is 7.13. The number of hydrogen-bond acceptors (Lipinski definition) is 3. The van der Waals surface area contributed by atoms with Crippen molar-refractivity contribution in [3.05, 3.63) is 70.1 Å². The Labute approximate surface area is 126 Å². The van der Waals surface area contributed by atoms with Crippen LogP contribution < -0.4 is 10.5 Å². The molecule has 0 spiro atoms. The zero-order chi connectivity index (χ0) is 15.1. The number of H-pyrrole nitrogens is 1. The molecule has 5 nitrogen and oxygen atoms in total. The third-order valence-corrected chi connectivity index (χ3v) is 4.03. The molecule has 0 aliphatic carbocycles. The van der Waals surface area contributed by atoms with E-state index in [1.54, 1.807) is 29.2 Å². The summed E-state index contributed by atoms with van der Waals surface area (Å²) in [4.78, 5) is 26.4. The Balaban J connectivity index is 1.85. The molecule has 22 heavy (non-hydrogen) atoms. The van der Waals surface area contributed by atoms with Gasteiger partial charge in [0.1, 0.15) is 0 Å². The molecule has 0 saturated carbocycles. The van der Waals surface area contributed by atoms with Gasteiger partial charge in [-0.1, -0.05) is 36.4 Å². The fraction of sp³-hybridized carbons (Fsp3) is 0.118. The van der Waals surface area contributed by atoms with Crippen LogP contribution in [0.5, 0.6) is 0 Å². The number of carbonyl (C=O) groups is 1. The third kappa shape index (κ3) is 1.83. The molecule has 0 unspecified atom stereocenters. The van der Waals surface area contributed by atoms with Crippen LogP contribution in [0.1, 0.15) is 16.1 Å². The molecular weight excluding hydrogens is 278 g/mol. The second-order valence-electron chi connectivity index (χ2n) is 5.28. The number of para-hydroxylation sites is 1. The lowest BCUT2D eigenvalue weighted by atomic mass is 10.1. The Morgan fingerprint density at radius 2 is 1.77 bits per heavy atom. The fourth-order valence-corrected chi connectivity index (χ4v) is 2.95. The molecule has 0 bridgehead atoms. The smallest absolute Gasteiger partial charge is 0.279 e. The first-order chi connectivity index (χ1) is 10.8. The van der Waals surface area contributed by atoms with Crippen LogP contribution in [-0.4, -0.2) is 22.6 Å². The maximum absolute atomic E-state index is 12.9. The van der Waals surface area contributed by atoms with Crippen molar-refractivity contribution in [3.8, 4) is 0 Å². The molecule has 0 atom stereocenters. The average Bonchev–Trinajstić information content (AvgIpc) is 2.99. The molecule has 0 radical (unpaired) electrons.